The van der Waals surface area contributed by atoms with Crippen molar-refractivity contribution < 1.29 is 0 Å². The Balaban J connectivity index is 1.11. The second-order valence-corrected chi connectivity index (χ2v) is 13.9. The van der Waals surface area contributed by atoms with Crippen molar-refractivity contribution in [2.75, 3.05) is 0 Å². The normalized spacial score (nSPS) is 11.2. The Morgan fingerprint density at radius 1 is 0.286 bits per heavy atom. The van der Waals surface area contributed by atoms with E-state index in [1.807, 2.05) is 78.9 Å². The molecular weight excluding hydrogens is 681 g/mol. The van der Waals surface area contributed by atoms with Crippen LogP contribution in [0, 0.1) is 11.3 Å². The summed E-state index contributed by atoms with van der Waals surface area (Å²) in [6, 6.07) is 69.5. The molecule has 4 nitrogen and oxygen atoms in total. The van der Waals surface area contributed by atoms with Gasteiger partial charge in [0.2, 0.25) is 0 Å². The molecular formula is C52H32N4. The van der Waals surface area contributed by atoms with Gasteiger partial charge in [-0.15, -0.1) is 0 Å². The molecule has 10 rings (SSSR count). The highest BCUT2D eigenvalue weighted by Gasteiger charge is 2.16. The van der Waals surface area contributed by atoms with E-state index in [9.17, 15) is 5.26 Å². The zero-order valence-electron chi connectivity index (χ0n) is 30.3. The van der Waals surface area contributed by atoms with Crippen LogP contribution in [0.4, 0.5) is 0 Å². The molecule has 0 bridgehead atoms. The van der Waals surface area contributed by atoms with Gasteiger partial charge in [0, 0.05) is 16.7 Å². The van der Waals surface area contributed by atoms with Crippen molar-refractivity contribution in [2.24, 2.45) is 0 Å². The summed E-state index contributed by atoms with van der Waals surface area (Å²) < 4.78 is 0. The third kappa shape index (κ3) is 5.94. The first-order valence-corrected chi connectivity index (χ1v) is 18.7. The summed E-state index contributed by atoms with van der Waals surface area (Å²) in [6.07, 6.45) is 0. The van der Waals surface area contributed by atoms with Crippen LogP contribution in [0.15, 0.2) is 194 Å². The summed E-state index contributed by atoms with van der Waals surface area (Å²) in [5.74, 6) is 1.91. The number of hydrogen-bond acceptors (Lipinski definition) is 4. The van der Waals surface area contributed by atoms with Crippen molar-refractivity contribution in [2.45, 2.75) is 0 Å². The summed E-state index contributed by atoms with van der Waals surface area (Å²) in [7, 11) is 0. The number of aromatic nitrogens is 3. The van der Waals surface area contributed by atoms with Gasteiger partial charge in [-0.2, -0.15) is 5.26 Å². The standard InChI is InChI=1S/C52H32N4/c53-33-34-14-11-21-39(28-34)46-31-48-45-27-10-8-25-43(45)47(32-49(48)44-26-9-7-24-42(44)46)40-22-12-19-37(29-40)38-20-13-23-41(30-38)52-55-50(35-15-3-1-4-16-35)54-51(56-52)36-17-5-2-6-18-36/h1-32H. The summed E-state index contributed by atoms with van der Waals surface area (Å²) in [5.41, 5.74) is 10.1. The minimum absolute atomic E-state index is 0.627. The first kappa shape index (κ1) is 32.9. The van der Waals surface area contributed by atoms with Crippen molar-refractivity contribution in [3.8, 4) is 73.6 Å². The lowest BCUT2D eigenvalue weighted by Gasteiger charge is -2.16. The highest BCUT2D eigenvalue weighted by molar-refractivity contribution is 6.23. The van der Waals surface area contributed by atoms with Gasteiger partial charge < -0.3 is 0 Å². The topological polar surface area (TPSA) is 62.5 Å². The average Bonchev–Trinajstić information content (AvgIpc) is 3.29. The van der Waals surface area contributed by atoms with E-state index in [0.717, 1.165) is 49.9 Å². The van der Waals surface area contributed by atoms with Crippen LogP contribution >= 0.6 is 0 Å². The van der Waals surface area contributed by atoms with Crippen LogP contribution < -0.4 is 0 Å². The molecule has 0 spiro atoms. The summed E-state index contributed by atoms with van der Waals surface area (Å²) in [4.78, 5) is 14.9. The molecule has 0 saturated carbocycles. The molecule has 0 N–H and O–H groups in total. The number of nitriles is 1. The van der Waals surface area contributed by atoms with Crippen LogP contribution in [0.3, 0.4) is 0 Å². The summed E-state index contributed by atoms with van der Waals surface area (Å²) in [5, 5.41) is 16.8. The third-order valence-electron chi connectivity index (χ3n) is 10.5. The first-order valence-electron chi connectivity index (χ1n) is 18.7. The number of fused-ring (bicyclic) bond motifs is 5. The smallest absolute Gasteiger partial charge is 0.164 e. The van der Waals surface area contributed by atoms with Crippen LogP contribution in [0.5, 0.6) is 0 Å². The highest BCUT2D eigenvalue weighted by Crippen LogP contribution is 2.42. The Kier molecular flexibility index (Phi) is 8.17. The molecule has 9 aromatic carbocycles. The van der Waals surface area contributed by atoms with Crippen molar-refractivity contribution in [1.82, 2.24) is 15.0 Å². The molecule has 0 unspecified atom stereocenters. The quantitative estimate of drug-likeness (QED) is 0.161. The van der Waals surface area contributed by atoms with E-state index in [-0.39, 0.29) is 0 Å². The Morgan fingerprint density at radius 2 is 0.661 bits per heavy atom. The van der Waals surface area contributed by atoms with Gasteiger partial charge in [-0.25, -0.2) is 15.0 Å². The molecule has 4 heteroatoms. The van der Waals surface area contributed by atoms with E-state index in [1.165, 1.54) is 32.5 Å². The van der Waals surface area contributed by atoms with E-state index in [1.54, 1.807) is 0 Å². The van der Waals surface area contributed by atoms with Gasteiger partial charge in [0.05, 0.1) is 11.6 Å². The molecule has 0 atom stereocenters. The fourth-order valence-electron chi connectivity index (χ4n) is 7.83. The Hall–Kier alpha value is -7.74. The lowest BCUT2D eigenvalue weighted by atomic mass is 9.87. The first-order chi connectivity index (χ1) is 27.7. The molecule has 0 aliphatic rings. The maximum Gasteiger partial charge on any atom is 0.164 e. The van der Waals surface area contributed by atoms with Crippen LogP contribution in [0.1, 0.15) is 5.56 Å². The number of rotatable bonds is 6. The largest absolute Gasteiger partial charge is 0.208 e. The number of benzene rings is 9. The lowest BCUT2D eigenvalue weighted by molar-refractivity contribution is 1.07. The van der Waals surface area contributed by atoms with Crippen LogP contribution in [0.25, 0.3) is 99.9 Å². The summed E-state index contributed by atoms with van der Waals surface area (Å²) in [6.45, 7) is 0. The van der Waals surface area contributed by atoms with Crippen molar-refractivity contribution in [1.29, 1.82) is 5.26 Å². The average molecular weight is 713 g/mol. The molecule has 1 heterocycles. The third-order valence-corrected chi connectivity index (χ3v) is 10.5. The SMILES string of the molecule is N#Cc1cccc(-c2cc3c4ccccc4c(-c4cccc(-c5cccc(-c6nc(-c7ccccc7)nc(-c7ccccc7)n6)c5)c4)cc3c3ccccc23)c1. The molecule has 0 radical (unpaired) electrons. The van der Waals surface area contributed by atoms with Crippen LogP contribution in [-0.4, -0.2) is 15.0 Å². The van der Waals surface area contributed by atoms with E-state index < -0.39 is 0 Å². The molecule has 0 amide bonds. The van der Waals surface area contributed by atoms with Gasteiger partial charge in [-0.1, -0.05) is 158 Å². The van der Waals surface area contributed by atoms with Gasteiger partial charge in [0.15, 0.2) is 17.5 Å². The van der Waals surface area contributed by atoms with Gasteiger partial charge in [0.25, 0.3) is 0 Å². The molecule has 56 heavy (non-hydrogen) atoms. The molecule has 0 aliphatic heterocycles. The van der Waals surface area contributed by atoms with Gasteiger partial charge in [-0.05, 0) is 102 Å². The number of nitrogens with zero attached hydrogens (tertiary/aromatic N) is 4. The molecule has 0 aliphatic carbocycles. The molecule has 1 aromatic heterocycles. The maximum atomic E-state index is 9.67. The Labute approximate surface area is 324 Å². The molecule has 0 saturated heterocycles. The van der Waals surface area contributed by atoms with Crippen molar-refractivity contribution in [3.05, 3.63) is 200 Å². The molecule has 260 valence electrons. The second-order valence-electron chi connectivity index (χ2n) is 13.9. The van der Waals surface area contributed by atoms with Gasteiger partial charge >= 0.3 is 0 Å². The lowest BCUT2D eigenvalue weighted by Crippen LogP contribution is -2.00. The van der Waals surface area contributed by atoms with E-state index in [0.29, 0.717) is 23.0 Å². The van der Waals surface area contributed by atoms with Gasteiger partial charge in [0.1, 0.15) is 0 Å². The minimum atomic E-state index is 0.627. The fraction of sp³-hybridized carbons (Fsp3) is 0. The van der Waals surface area contributed by atoms with E-state index in [2.05, 4.69) is 121 Å². The van der Waals surface area contributed by atoms with E-state index in [4.69, 9.17) is 15.0 Å². The predicted octanol–water partition coefficient (Wildman–Crippen LogP) is 13.2. The minimum Gasteiger partial charge on any atom is -0.208 e. The zero-order valence-corrected chi connectivity index (χ0v) is 30.3. The summed E-state index contributed by atoms with van der Waals surface area (Å²) >= 11 is 0. The molecule has 10 aromatic rings. The highest BCUT2D eigenvalue weighted by atomic mass is 15.0. The predicted molar refractivity (Wildman–Crippen MR) is 230 cm³/mol. The van der Waals surface area contributed by atoms with Gasteiger partial charge in [-0.3, -0.25) is 0 Å². The Bertz CT molecular complexity index is 3090. The monoisotopic (exact) mass is 712 g/mol. The van der Waals surface area contributed by atoms with Crippen LogP contribution in [-0.2, 0) is 0 Å². The fourth-order valence-corrected chi connectivity index (χ4v) is 7.83. The van der Waals surface area contributed by atoms with E-state index >= 15 is 0 Å². The Morgan fingerprint density at radius 3 is 1.18 bits per heavy atom. The van der Waals surface area contributed by atoms with Crippen LogP contribution in [0.2, 0.25) is 0 Å². The number of hydrogen-bond donors (Lipinski definition) is 0. The maximum absolute atomic E-state index is 9.67. The van der Waals surface area contributed by atoms with Crippen molar-refractivity contribution >= 4 is 32.3 Å². The van der Waals surface area contributed by atoms with Crippen molar-refractivity contribution in [3.63, 3.8) is 0 Å². The second kappa shape index (κ2) is 13.9. The zero-order chi connectivity index (χ0) is 37.4. The molecule has 0 fully saturated rings.